The highest BCUT2D eigenvalue weighted by Crippen LogP contribution is 2.16. The Kier molecular flexibility index (Phi) is 8.93. The Labute approximate surface area is 131 Å². The number of piperidine rings is 1. The zero-order valence-corrected chi connectivity index (χ0v) is 14.5. The highest BCUT2D eigenvalue weighted by atomic mass is 16.2. The molecule has 0 aliphatic carbocycles. The van der Waals surface area contributed by atoms with Crippen molar-refractivity contribution in [3.8, 4) is 0 Å². The first-order valence-electron chi connectivity index (χ1n) is 8.70. The van der Waals surface area contributed by atoms with E-state index in [1.165, 1.54) is 19.3 Å². The monoisotopic (exact) mass is 297 g/mol. The number of rotatable bonds is 9. The molecule has 1 fully saturated rings. The molecule has 0 bridgehead atoms. The molecule has 1 aliphatic rings. The normalized spacial score (nSPS) is 20.2. The molecule has 2 N–H and O–H groups in total. The summed E-state index contributed by atoms with van der Waals surface area (Å²) in [7, 11) is 0. The van der Waals surface area contributed by atoms with Crippen molar-refractivity contribution < 1.29 is 4.79 Å². The molecular weight excluding hydrogens is 262 g/mol. The summed E-state index contributed by atoms with van der Waals surface area (Å²) in [6.45, 7) is 13.3. The number of carbonyl (C=O) groups is 1. The molecule has 0 aromatic carbocycles. The lowest BCUT2D eigenvalue weighted by atomic mass is 10.0. The van der Waals surface area contributed by atoms with Crippen molar-refractivity contribution in [2.75, 3.05) is 32.7 Å². The molecule has 1 heterocycles. The van der Waals surface area contributed by atoms with Crippen molar-refractivity contribution >= 4 is 5.91 Å². The average molecular weight is 297 g/mol. The zero-order valence-electron chi connectivity index (χ0n) is 14.5. The maximum Gasteiger partial charge on any atom is 0.234 e. The minimum Gasteiger partial charge on any atom is -0.355 e. The van der Waals surface area contributed by atoms with Gasteiger partial charge in [-0.3, -0.25) is 9.69 Å². The van der Waals surface area contributed by atoms with E-state index < -0.39 is 0 Å². The van der Waals surface area contributed by atoms with E-state index in [0.717, 1.165) is 32.6 Å². The van der Waals surface area contributed by atoms with E-state index in [9.17, 15) is 4.79 Å². The van der Waals surface area contributed by atoms with Crippen LogP contribution in [-0.2, 0) is 4.79 Å². The van der Waals surface area contributed by atoms with Gasteiger partial charge in [-0.1, -0.05) is 34.1 Å². The highest BCUT2D eigenvalue weighted by Gasteiger charge is 2.23. The summed E-state index contributed by atoms with van der Waals surface area (Å²) in [5, 5.41) is 6.60. The molecule has 1 unspecified atom stereocenters. The van der Waals surface area contributed by atoms with E-state index in [4.69, 9.17) is 0 Å². The van der Waals surface area contributed by atoms with Crippen LogP contribution in [0.5, 0.6) is 0 Å². The third kappa shape index (κ3) is 8.42. The summed E-state index contributed by atoms with van der Waals surface area (Å²) >= 11 is 0. The van der Waals surface area contributed by atoms with Crippen LogP contribution in [0.15, 0.2) is 0 Å². The van der Waals surface area contributed by atoms with Crippen LogP contribution >= 0.6 is 0 Å². The molecule has 0 radical (unpaired) electrons. The fourth-order valence-corrected chi connectivity index (χ4v) is 2.78. The summed E-state index contributed by atoms with van der Waals surface area (Å²) in [5.74, 6) is 1.51. The lowest BCUT2D eigenvalue weighted by Crippen LogP contribution is -2.49. The molecule has 124 valence electrons. The highest BCUT2D eigenvalue weighted by molar-refractivity contribution is 5.78. The van der Waals surface area contributed by atoms with Crippen LogP contribution in [0.2, 0.25) is 0 Å². The molecule has 0 aromatic heterocycles. The van der Waals surface area contributed by atoms with E-state index in [-0.39, 0.29) is 5.91 Å². The summed E-state index contributed by atoms with van der Waals surface area (Å²) in [4.78, 5) is 14.4. The fourth-order valence-electron chi connectivity index (χ4n) is 2.78. The number of likely N-dealkylation sites (tertiary alicyclic amines) is 1. The van der Waals surface area contributed by atoms with Gasteiger partial charge >= 0.3 is 0 Å². The Morgan fingerprint density at radius 2 is 1.95 bits per heavy atom. The maximum absolute atomic E-state index is 12.0. The van der Waals surface area contributed by atoms with Crippen LogP contribution in [0.4, 0.5) is 0 Å². The van der Waals surface area contributed by atoms with Gasteiger partial charge < -0.3 is 10.6 Å². The van der Waals surface area contributed by atoms with Gasteiger partial charge in [0.15, 0.2) is 0 Å². The lowest BCUT2D eigenvalue weighted by molar-refractivity contribution is -0.123. The van der Waals surface area contributed by atoms with Gasteiger partial charge in [0, 0.05) is 19.1 Å². The van der Waals surface area contributed by atoms with Crippen LogP contribution in [0, 0.1) is 11.8 Å². The van der Waals surface area contributed by atoms with E-state index in [1.807, 2.05) is 0 Å². The first-order valence-corrected chi connectivity index (χ1v) is 8.70. The van der Waals surface area contributed by atoms with Gasteiger partial charge in [0.25, 0.3) is 0 Å². The maximum atomic E-state index is 12.0. The SMILES string of the molecule is CC(C)CCNC(=O)CN1CCCCC1CNCC(C)C. The zero-order chi connectivity index (χ0) is 15.7. The molecule has 1 amide bonds. The molecule has 1 aliphatic heterocycles. The topological polar surface area (TPSA) is 44.4 Å². The second-order valence-corrected chi connectivity index (χ2v) is 7.20. The van der Waals surface area contributed by atoms with Crippen molar-refractivity contribution in [1.82, 2.24) is 15.5 Å². The van der Waals surface area contributed by atoms with Crippen LogP contribution in [-0.4, -0.2) is 49.6 Å². The summed E-state index contributed by atoms with van der Waals surface area (Å²) in [5.41, 5.74) is 0. The molecular formula is C17H35N3O. The second kappa shape index (κ2) is 10.2. The van der Waals surface area contributed by atoms with Crippen molar-refractivity contribution in [2.24, 2.45) is 11.8 Å². The standard InChI is InChI=1S/C17H35N3O/c1-14(2)8-9-19-17(21)13-20-10-6-5-7-16(20)12-18-11-15(3)4/h14-16,18H,5-13H2,1-4H3,(H,19,21). The molecule has 1 saturated heterocycles. The van der Waals surface area contributed by atoms with Gasteiger partial charge in [-0.2, -0.15) is 0 Å². The number of nitrogens with zero attached hydrogens (tertiary/aromatic N) is 1. The number of hydrogen-bond donors (Lipinski definition) is 2. The number of nitrogens with one attached hydrogen (secondary N) is 2. The Balaban J connectivity index is 2.29. The van der Waals surface area contributed by atoms with Gasteiger partial charge in [-0.25, -0.2) is 0 Å². The van der Waals surface area contributed by atoms with Gasteiger partial charge in [-0.15, -0.1) is 0 Å². The summed E-state index contributed by atoms with van der Waals surface area (Å²) in [6.07, 6.45) is 4.79. The Morgan fingerprint density at radius 1 is 1.19 bits per heavy atom. The fraction of sp³-hybridized carbons (Fsp3) is 0.941. The van der Waals surface area contributed by atoms with Crippen molar-refractivity contribution in [3.05, 3.63) is 0 Å². The molecule has 21 heavy (non-hydrogen) atoms. The van der Waals surface area contributed by atoms with Gasteiger partial charge in [-0.05, 0) is 44.2 Å². The van der Waals surface area contributed by atoms with Crippen molar-refractivity contribution in [3.63, 3.8) is 0 Å². The van der Waals surface area contributed by atoms with Crippen LogP contribution in [0.25, 0.3) is 0 Å². The van der Waals surface area contributed by atoms with Crippen LogP contribution in [0.3, 0.4) is 0 Å². The Bertz CT molecular complexity index is 292. The molecule has 1 atom stereocenters. The van der Waals surface area contributed by atoms with Crippen LogP contribution in [0.1, 0.15) is 53.4 Å². The molecule has 4 heteroatoms. The second-order valence-electron chi connectivity index (χ2n) is 7.20. The predicted molar refractivity (Wildman–Crippen MR) is 89.4 cm³/mol. The lowest BCUT2D eigenvalue weighted by Gasteiger charge is -2.35. The number of carbonyl (C=O) groups excluding carboxylic acids is 1. The molecule has 0 aromatic rings. The van der Waals surface area contributed by atoms with Crippen molar-refractivity contribution in [2.45, 2.75) is 59.4 Å². The smallest absolute Gasteiger partial charge is 0.234 e. The van der Waals surface area contributed by atoms with E-state index >= 15 is 0 Å². The third-order valence-electron chi connectivity index (χ3n) is 4.07. The summed E-state index contributed by atoms with van der Waals surface area (Å²) < 4.78 is 0. The predicted octanol–water partition coefficient (Wildman–Crippen LogP) is 2.25. The molecule has 0 saturated carbocycles. The number of hydrogen-bond acceptors (Lipinski definition) is 3. The largest absolute Gasteiger partial charge is 0.355 e. The van der Waals surface area contributed by atoms with E-state index in [1.54, 1.807) is 0 Å². The van der Waals surface area contributed by atoms with E-state index in [2.05, 4.69) is 43.2 Å². The van der Waals surface area contributed by atoms with Crippen molar-refractivity contribution in [1.29, 1.82) is 0 Å². The minimum atomic E-state index is 0.186. The van der Waals surface area contributed by atoms with Gasteiger partial charge in [0.1, 0.15) is 0 Å². The summed E-state index contributed by atoms with van der Waals surface area (Å²) in [6, 6.07) is 0.522. The molecule has 4 nitrogen and oxygen atoms in total. The first-order chi connectivity index (χ1) is 9.99. The average Bonchev–Trinajstić information content (AvgIpc) is 2.40. The first kappa shape index (κ1) is 18.4. The van der Waals surface area contributed by atoms with Gasteiger partial charge in [0.05, 0.1) is 6.54 Å². The third-order valence-corrected chi connectivity index (χ3v) is 4.07. The van der Waals surface area contributed by atoms with Gasteiger partial charge in [0.2, 0.25) is 5.91 Å². The number of amides is 1. The molecule has 1 rings (SSSR count). The van der Waals surface area contributed by atoms with Crippen LogP contribution < -0.4 is 10.6 Å². The minimum absolute atomic E-state index is 0.186. The Morgan fingerprint density at radius 3 is 2.62 bits per heavy atom. The molecule has 0 spiro atoms. The quantitative estimate of drug-likeness (QED) is 0.686. The Hall–Kier alpha value is -0.610. The van der Waals surface area contributed by atoms with E-state index in [0.29, 0.717) is 24.4 Å².